The third-order valence-corrected chi connectivity index (χ3v) is 10.6. The van der Waals surface area contributed by atoms with Crippen LogP contribution >= 0.6 is 0 Å². The molecule has 0 unspecified atom stereocenters. The molecule has 0 radical (unpaired) electrons. The number of aliphatic carboxylic acids is 1. The number of carboxylic acid groups (broad SMARTS) is 1. The number of carbonyl (C=O) groups is 1. The molecule has 0 aliphatic carbocycles. The number of rotatable bonds is 14. The third kappa shape index (κ3) is 8.58. The van der Waals surface area contributed by atoms with Crippen LogP contribution in [0, 0.1) is 6.92 Å². The number of aryl methyl sites for hydroxylation is 1. The molecule has 0 fully saturated rings. The summed E-state index contributed by atoms with van der Waals surface area (Å²) in [5, 5.41) is 14.2. The van der Waals surface area contributed by atoms with Crippen LogP contribution in [0.4, 0.5) is 5.69 Å². The third-order valence-electron chi connectivity index (χ3n) is 9.75. The fourth-order valence-corrected chi connectivity index (χ4v) is 7.93. The van der Waals surface area contributed by atoms with Gasteiger partial charge in [0, 0.05) is 41.0 Å². The van der Waals surface area contributed by atoms with Crippen LogP contribution in [0.5, 0.6) is 0 Å². The van der Waals surface area contributed by atoms with Crippen molar-refractivity contribution in [2.75, 3.05) is 23.7 Å². The predicted molar refractivity (Wildman–Crippen MR) is 212 cm³/mol. The second-order valence-corrected chi connectivity index (χ2v) is 15.7. The lowest BCUT2D eigenvalue weighted by Crippen LogP contribution is -2.29. The largest absolute Gasteiger partial charge is 0.481 e. The van der Waals surface area contributed by atoms with Gasteiger partial charge >= 0.3 is 5.97 Å². The van der Waals surface area contributed by atoms with Crippen LogP contribution < -0.4 is 4.90 Å². The maximum Gasteiger partial charge on any atom is 0.305 e. The number of anilines is 1. The molecule has 5 rings (SSSR count). The zero-order valence-corrected chi connectivity index (χ0v) is 31.0. The van der Waals surface area contributed by atoms with Gasteiger partial charge in [-0.1, -0.05) is 125 Å². The molecule has 0 atom stereocenters. The molecule has 1 aliphatic heterocycles. The van der Waals surface area contributed by atoms with Crippen molar-refractivity contribution in [1.29, 1.82) is 0 Å². The van der Waals surface area contributed by atoms with Crippen LogP contribution in [0.1, 0.15) is 63.6 Å². The number of nitrogens with zero attached hydrogens (tertiary/aromatic N) is 2. The molecule has 1 aliphatic rings. The minimum Gasteiger partial charge on any atom is -0.481 e. The van der Waals surface area contributed by atoms with Gasteiger partial charge in [0.25, 0.3) is 10.1 Å². The summed E-state index contributed by atoms with van der Waals surface area (Å²) in [6.45, 7) is 11.7. The Morgan fingerprint density at radius 2 is 1.49 bits per heavy atom. The lowest BCUT2D eigenvalue weighted by molar-refractivity contribution is -0.136. The molecule has 266 valence electrons. The topological polar surface area (TPSA) is 107 Å². The van der Waals surface area contributed by atoms with Crippen molar-refractivity contribution in [1.82, 2.24) is 0 Å². The second-order valence-electron chi connectivity index (χ2n) is 14.1. The van der Waals surface area contributed by atoms with Crippen LogP contribution in [-0.2, 0) is 25.7 Å². The lowest BCUT2D eigenvalue weighted by atomic mass is 9.75. The molecule has 0 spiro atoms. The van der Waals surface area contributed by atoms with Gasteiger partial charge < -0.3 is 10.0 Å². The van der Waals surface area contributed by atoms with Crippen LogP contribution in [0.3, 0.4) is 0 Å². The van der Waals surface area contributed by atoms with Crippen molar-refractivity contribution >= 4 is 49.0 Å². The van der Waals surface area contributed by atoms with Gasteiger partial charge in [-0.25, -0.2) is 0 Å². The fraction of sp³-hybridized carbons (Fsp3) is 0.302. The lowest BCUT2D eigenvalue weighted by Gasteiger charge is -2.29. The number of benzene rings is 4. The summed E-state index contributed by atoms with van der Waals surface area (Å²) in [5.41, 5.74) is 5.75. The van der Waals surface area contributed by atoms with E-state index in [9.17, 15) is 18.3 Å². The number of fused-ring (bicyclic) bond motifs is 4. The molecule has 2 N–H and O–H groups in total. The molecule has 0 amide bonds. The molecule has 4 aromatic rings. The summed E-state index contributed by atoms with van der Waals surface area (Å²) < 4.78 is 31.6. The average Bonchev–Trinajstić information content (AvgIpc) is 3.30. The van der Waals surface area contributed by atoms with Crippen molar-refractivity contribution < 1.29 is 22.9 Å². The van der Waals surface area contributed by atoms with Crippen LogP contribution in [-0.4, -0.2) is 48.6 Å². The first-order valence-electron chi connectivity index (χ1n) is 17.4. The standard InChI is InChI=1S/C43H48N2O5S/c1-31-23-24-32-17-11-13-19-34(32)40(31)42(2,3)37(44-28-15-16-30-51(48,49)50)21-9-7-6-8-10-22-38-43(4,5)41-35-20-14-12-18-33(35)25-26-36(41)45(38)29-27-39(46)47/h6-14,17-26H,15-16,27-30H2,1-5H3,(H,46,47)(H,48,49,50)/b7-6+,10-8+,21-9+,38-22+,44-37+. The van der Waals surface area contributed by atoms with E-state index in [0.29, 0.717) is 25.9 Å². The SMILES string of the molecule is Cc1ccc2ccccc2c1C(C)(C)C(/C=C/C=C/C=C/C=C1/N(CCC(=O)O)c2ccc3ccccc3c2C1(C)C)=N/CCCCS(=O)(=O)O. The molecule has 51 heavy (non-hydrogen) atoms. The number of allylic oxidation sites excluding steroid dienone is 8. The monoisotopic (exact) mass is 704 g/mol. The Labute approximate surface area is 302 Å². The first-order valence-corrected chi connectivity index (χ1v) is 19.1. The Morgan fingerprint density at radius 1 is 0.863 bits per heavy atom. The Bertz CT molecular complexity index is 2190. The molecule has 4 aromatic carbocycles. The molecule has 1 heterocycles. The van der Waals surface area contributed by atoms with Gasteiger partial charge in [0.2, 0.25) is 0 Å². The Kier molecular flexibility index (Phi) is 11.5. The summed E-state index contributed by atoms with van der Waals surface area (Å²) in [6, 6.07) is 25.1. The van der Waals surface area contributed by atoms with Crippen molar-refractivity contribution in [3.05, 3.63) is 138 Å². The fourth-order valence-electron chi connectivity index (χ4n) is 7.36. The molecular formula is C43H48N2O5S. The summed E-state index contributed by atoms with van der Waals surface area (Å²) >= 11 is 0. The van der Waals surface area contributed by atoms with Gasteiger partial charge in [-0.15, -0.1) is 0 Å². The molecule has 0 saturated heterocycles. The summed E-state index contributed by atoms with van der Waals surface area (Å²) in [4.78, 5) is 18.7. The van der Waals surface area contributed by atoms with E-state index >= 15 is 0 Å². The highest BCUT2D eigenvalue weighted by Gasteiger charge is 2.41. The Hall–Kier alpha value is -4.79. The first-order chi connectivity index (χ1) is 24.2. The quantitative estimate of drug-likeness (QED) is 0.0586. The van der Waals surface area contributed by atoms with Gasteiger partial charge in [0.1, 0.15) is 0 Å². The van der Waals surface area contributed by atoms with Crippen molar-refractivity contribution in [3.8, 4) is 0 Å². The maximum atomic E-state index is 11.6. The molecule has 0 aromatic heterocycles. The smallest absolute Gasteiger partial charge is 0.305 e. The van der Waals surface area contributed by atoms with Gasteiger partial charge in [-0.3, -0.25) is 14.3 Å². The van der Waals surface area contributed by atoms with E-state index in [1.54, 1.807) is 0 Å². The number of carboxylic acids is 1. The minimum absolute atomic E-state index is 0.0349. The summed E-state index contributed by atoms with van der Waals surface area (Å²) in [6.07, 6.45) is 14.8. The van der Waals surface area contributed by atoms with Crippen molar-refractivity contribution in [3.63, 3.8) is 0 Å². The second kappa shape index (κ2) is 15.6. The van der Waals surface area contributed by atoms with Gasteiger partial charge in [0.15, 0.2) is 0 Å². The van der Waals surface area contributed by atoms with E-state index in [-0.39, 0.29) is 17.6 Å². The number of aliphatic imine (C=N–C) groups is 1. The van der Waals surface area contributed by atoms with Crippen molar-refractivity contribution in [2.45, 2.75) is 64.7 Å². The molecule has 8 heteroatoms. The highest BCUT2D eigenvalue weighted by Crippen LogP contribution is 2.50. The number of unbranched alkanes of at least 4 members (excludes halogenated alkanes) is 1. The van der Waals surface area contributed by atoms with Crippen LogP contribution in [0.15, 0.2) is 126 Å². The number of hydrogen-bond donors (Lipinski definition) is 2. The van der Waals surface area contributed by atoms with E-state index in [4.69, 9.17) is 9.55 Å². The number of hydrogen-bond acceptors (Lipinski definition) is 5. The Morgan fingerprint density at radius 3 is 2.20 bits per heavy atom. The minimum atomic E-state index is -4.00. The van der Waals surface area contributed by atoms with E-state index in [0.717, 1.165) is 27.9 Å². The van der Waals surface area contributed by atoms with E-state index in [1.807, 2.05) is 60.7 Å². The van der Waals surface area contributed by atoms with Gasteiger partial charge in [-0.05, 0) is 76.2 Å². The molecule has 7 nitrogen and oxygen atoms in total. The molecule has 0 bridgehead atoms. The maximum absolute atomic E-state index is 11.6. The highest BCUT2D eigenvalue weighted by molar-refractivity contribution is 7.85. The van der Waals surface area contributed by atoms with Gasteiger partial charge in [-0.2, -0.15) is 8.42 Å². The predicted octanol–water partition coefficient (Wildman–Crippen LogP) is 9.51. The summed E-state index contributed by atoms with van der Waals surface area (Å²) in [5.74, 6) is -1.10. The van der Waals surface area contributed by atoms with Crippen LogP contribution in [0.25, 0.3) is 21.5 Å². The summed E-state index contributed by atoms with van der Waals surface area (Å²) in [7, 11) is -4.00. The van der Waals surface area contributed by atoms with E-state index < -0.39 is 21.5 Å². The van der Waals surface area contributed by atoms with Crippen molar-refractivity contribution in [2.24, 2.45) is 4.99 Å². The van der Waals surface area contributed by atoms with Crippen LogP contribution in [0.2, 0.25) is 0 Å². The zero-order chi connectivity index (χ0) is 36.8. The molecule has 0 saturated carbocycles. The van der Waals surface area contributed by atoms with E-state index in [1.165, 1.54) is 27.5 Å². The zero-order valence-electron chi connectivity index (χ0n) is 30.1. The normalized spacial score (nSPS) is 16.1. The van der Waals surface area contributed by atoms with E-state index in [2.05, 4.69) is 94.1 Å². The Balaban J connectivity index is 1.40. The molecular weight excluding hydrogens is 657 g/mol. The first kappa shape index (κ1) is 37.5. The van der Waals surface area contributed by atoms with Gasteiger partial charge in [0.05, 0.1) is 12.2 Å². The highest BCUT2D eigenvalue weighted by atomic mass is 32.2. The average molecular weight is 705 g/mol.